The Bertz CT molecular complexity index is 1460. The van der Waals surface area contributed by atoms with E-state index in [9.17, 15) is 8.42 Å². The average Bonchev–Trinajstić information content (AvgIpc) is 3.40. The van der Waals surface area contributed by atoms with Crippen LogP contribution in [0.5, 0.6) is 0 Å². The van der Waals surface area contributed by atoms with Crippen LogP contribution in [-0.2, 0) is 10.0 Å². The molecule has 0 unspecified atom stereocenters. The Morgan fingerprint density at radius 3 is 1.75 bits per heavy atom. The average molecular weight is 494 g/mol. The van der Waals surface area contributed by atoms with Gasteiger partial charge in [0.1, 0.15) is 10.6 Å². The maximum absolute atomic E-state index is 13.6. The summed E-state index contributed by atoms with van der Waals surface area (Å²) in [5, 5.41) is 4.65. The van der Waals surface area contributed by atoms with Gasteiger partial charge in [0.2, 0.25) is 10.0 Å². The lowest BCUT2D eigenvalue weighted by Crippen LogP contribution is -2.26. The van der Waals surface area contributed by atoms with Crippen LogP contribution in [0.3, 0.4) is 0 Å². The maximum atomic E-state index is 13.6. The largest absolute Gasteiger partial charge is 0.244 e. The van der Waals surface area contributed by atoms with E-state index in [0.717, 1.165) is 22.4 Å². The van der Waals surface area contributed by atoms with Crippen LogP contribution in [-0.4, -0.2) is 24.7 Å². The van der Waals surface area contributed by atoms with Crippen LogP contribution in [0.1, 0.15) is 23.5 Å². The third-order valence-corrected chi connectivity index (χ3v) is 7.63. The fourth-order valence-corrected chi connectivity index (χ4v) is 5.57. The van der Waals surface area contributed by atoms with E-state index in [-0.39, 0.29) is 10.8 Å². The van der Waals surface area contributed by atoms with E-state index >= 15 is 0 Å². The summed E-state index contributed by atoms with van der Waals surface area (Å²) in [4.78, 5) is 0.161. The van der Waals surface area contributed by atoms with Gasteiger partial charge in [0.15, 0.2) is 0 Å². The van der Waals surface area contributed by atoms with Crippen molar-refractivity contribution in [3.63, 3.8) is 0 Å². The van der Waals surface area contributed by atoms with Crippen molar-refractivity contribution >= 4 is 10.0 Å². The Labute approximate surface area is 212 Å². The summed E-state index contributed by atoms with van der Waals surface area (Å²) in [6, 6.07) is 39.3. The predicted molar refractivity (Wildman–Crippen MR) is 144 cm³/mol. The third kappa shape index (κ3) is 5.30. The number of para-hydroxylation sites is 1. The van der Waals surface area contributed by atoms with E-state index in [1.165, 1.54) is 0 Å². The van der Waals surface area contributed by atoms with Crippen molar-refractivity contribution in [2.24, 2.45) is 0 Å². The molecule has 1 aromatic heterocycles. The number of aromatic nitrogens is 2. The van der Waals surface area contributed by atoms with Crippen molar-refractivity contribution in [2.45, 2.75) is 17.2 Å². The molecule has 0 spiro atoms. The summed E-state index contributed by atoms with van der Waals surface area (Å²) in [5.41, 5.74) is 4.28. The molecule has 0 aliphatic rings. The molecule has 6 heteroatoms. The lowest BCUT2D eigenvalue weighted by molar-refractivity contribution is 0.575. The molecule has 5 aromatic rings. The standard InChI is InChI=1S/C30H27N3O2S/c34-36(35,31-22-21-28(24-13-5-1-6-14-24)25-15-7-2-8-16-25)29-23-33(27-19-11-4-12-20-27)32-30(29)26-17-9-3-10-18-26/h1-20,23,28,31H,21-22H2. The monoisotopic (exact) mass is 493 g/mol. The fourth-order valence-electron chi connectivity index (χ4n) is 4.38. The first kappa shape index (κ1) is 23.7. The van der Waals surface area contributed by atoms with Crippen LogP contribution in [0.15, 0.2) is 132 Å². The van der Waals surface area contributed by atoms with Gasteiger partial charge in [0, 0.05) is 18.0 Å². The summed E-state index contributed by atoms with van der Waals surface area (Å²) in [6.45, 7) is 0.293. The highest BCUT2D eigenvalue weighted by molar-refractivity contribution is 7.89. The predicted octanol–water partition coefficient (Wildman–Crippen LogP) is 6.04. The van der Waals surface area contributed by atoms with Gasteiger partial charge in [-0.3, -0.25) is 0 Å². The number of nitrogens with zero attached hydrogens (tertiary/aromatic N) is 2. The second kappa shape index (κ2) is 10.7. The minimum absolute atomic E-state index is 0.0794. The maximum Gasteiger partial charge on any atom is 0.244 e. The van der Waals surface area contributed by atoms with Gasteiger partial charge in [-0.25, -0.2) is 17.8 Å². The summed E-state index contributed by atoms with van der Waals surface area (Å²) in [5.74, 6) is 0.0794. The van der Waals surface area contributed by atoms with E-state index in [1.807, 2.05) is 97.1 Å². The molecule has 5 nitrogen and oxygen atoms in total. The van der Waals surface area contributed by atoms with Crippen LogP contribution in [0.2, 0.25) is 0 Å². The van der Waals surface area contributed by atoms with Crippen molar-refractivity contribution in [1.29, 1.82) is 0 Å². The van der Waals surface area contributed by atoms with Crippen LogP contribution in [0, 0.1) is 0 Å². The Balaban J connectivity index is 1.43. The molecule has 1 N–H and O–H groups in total. The van der Waals surface area contributed by atoms with Gasteiger partial charge >= 0.3 is 0 Å². The van der Waals surface area contributed by atoms with Gasteiger partial charge in [0.05, 0.1) is 11.9 Å². The zero-order valence-corrected chi connectivity index (χ0v) is 20.6. The molecular formula is C30H27N3O2S. The van der Waals surface area contributed by atoms with Crippen molar-refractivity contribution in [2.75, 3.05) is 6.54 Å². The Morgan fingerprint density at radius 2 is 1.19 bits per heavy atom. The molecule has 0 aliphatic carbocycles. The molecule has 0 amide bonds. The smallest absolute Gasteiger partial charge is 0.239 e. The topological polar surface area (TPSA) is 64.0 Å². The highest BCUT2D eigenvalue weighted by Crippen LogP contribution is 2.29. The molecule has 180 valence electrons. The first-order chi connectivity index (χ1) is 17.6. The third-order valence-electron chi connectivity index (χ3n) is 6.17. The number of nitrogens with one attached hydrogen (secondary N) is 1. The quantitative estimate of drug-likeness (QED) is 0.272. The minimum atomic E-state index is -3.82. The summed E-state index contributed by atoms with van der Waals surface area (Å²) in [7, 11) is -3.82. The summed E-state index contributed by atoms with van der Waals surface area (Å²) >= 11 is 0. The number of benzene rings is 4. The molecular weight excluding hydrogens is 466 g/mol. The lowest BCUT2D eigenvalue weighted by Gasteiger charge is -2.18. The van der Waals surface area contributed by atoms with Crippen molar-refractivity contribution in [3.8, 4) is 16.9 Å². The van der Waals surface area contributed by atoms with Crippen LogP contribution >= 0.6 is 0 Å². The van der Waals surface area contributed by atoms with Crippen LogP contribution in [0.25, 0.3) is 16.9 Å². The molecule has 0 radical (unpaired) electrons. The zero-order valence-electron chi connectivity index (χ0n) is 19.7. The van der Waals surface area contributed by atoms with Crippen molar-refractivity contribution in [1.82, 2.24) is 14.5 Å². The molecule has 0 atom stereocenters. The molecule has 1 heterocycles. The second-order valence-electron chi connectivity index (χ2n) is 8.55. The number of hydrogen-bond donors (Lipinski definition) is 1. The molecule has 36 heavy (non-hydrogen) atoms. The number of hydrogen-bond acceptors (Lipinski definition) is 3. The van der Waals surface area contributed by atoms with Gasteiger partial charge in [-0.05, 0) is 29.7 Å². The van der Waals surface area contributed by atoms with Crippen molar-refractivity contribution in [3.05, 3.63) is 139 Å². The minimum Gasteiger partial charge on any atom is -0.239 e. The summed E-state index contributed by atoms with van der Waals surface area (Å²) in [6.07, 6.45) is 2.21. The molecule has 0 saturated heterocycles. The highest BCUT2D eigenvalue weighted by atomic mass is 32.2. The molecule has 0 fully saturated rings. The van der Waals surface area contributed by atoms with E-state index in [0.29, 0.717) is 18.7 Å². The Hall–Kier alpha value is -4.00. The van der Waals surface area contributed by atoms with Gasteiger partial charge in [-0.2, -0.15) is 5.10 Å². The SMILES string of the molecule is O=S(=O)(NCCC(c1ccccc1)c1ccccc1)c1cn(-c2ccccc2)nc1-c1ccccc1. The van der Waals surface area contributed by atoms with Crippen LogP contribution < -0.4 is 4.72 Å². The van der Waals surface area contributed by atoms with Gasteiger partial charge in [0.25, 0.3) is 0 Å². The fraction of sp³-hybridized carbons (Fsp3) is 0.100. The van der Waals surface area contributed by atoms with E-state index in [4.69, 9.17) is 0 Å². The normalized spacial score (nSPS) is 11.6. The number of sulfonamides is 1. The first-order valence-electron chi connectivity index (χ1n) is 11.9. The molecule has 0 aliphatic heterocycles. The van der Waals surface area contributed by atoms with Gasteiger partial charge < -0.3 is 0 Å². The van der Waals surface area contributed by atoms with E-state index in [1.54, 1.807) is 10.9 Å². The highest BCUT2D eigenvalue weighted by Gasteiger charge is 2.24. The van der Waals surface area contributed by atoms with E-state index in [2.05, 4.69) is 34.1 Å². The number of rotatable bonds is 9. The van der Waals surface area contributed by atoms with Crippen molar-refractivity contribution < 1.29 is 8.42 Å². The molecule has 0 saturated carbocycles. The van der Waals surface area contributed by atoms with Crippen LogP contribution in [0.4, 0.5) is 0 Å². The summed E-state index contributed by atoms with van der Waals surface area (Å²) < 4.78 is 31.6. The first-order valence-corrected chi connectivity index (χ1v) is 13.4. The lowest BCUT2D eigenvalue weighted by atomic mass is 9.89. The van der Waals surface area contributed by atoms with E-state index < -0.39 is 10.0 Å². The Morgan fingerprint density at radius 1 is 0.694 bits per heavy atom. The second-order valence-corrected chi connectivity index (χ2v) is 10.3. The van der Waals surface area contributed by atoms with Gasteiger partial charge in [-0.15, -0.1) is 0 Å². The zero-order chi connectivity index (χ0) is 24.8. The molecule has 4 aromatic carbocycles. The van der Waals surface area contributed by atoms with Gasteiger partial charge in [-0.1, -0.05) is 109 Å². The Kier molecular flexibility index (Phi) is 7.07. The molecule has 5 rings (SSSR count). The molecule has 0 bridgehead atoms.